The summed E-state index contributed by atoms with van der Waals surface area (Å²) in [5.41, 5.74) is 3.80. The molecule has 2 saturated heterocycles. The zero-order chi connectivity index (χ0) is 21.2. The Morgan fingerprint density at radius 3 is 2.65 bits per heavy atom. The van der Waals surface area contributed by atoms with E-state index in [1.165, 1.54) is 12.1 Å². The quantitative estimate of drug-likeness (QED) is 0.615. The molecule has 0 bridgehead atoms. The van der Waals surface area contributed by atoms with Gasteiger partial charge in [0, 0.05) is 33.4 Å². The molecule has 3 aromatic rings. The highest BCUT2D eigenvalue weighted by Crippen LogP contribution is 2.25. The number of aryl methyl sites for hydroxylation is 1. The van der Waals surface area contributed by atoms with E-state index in [2.05, 4.69) is 50.7 Å². The molecule has 0 aliphatic carbocycles. The molecule has 0 atom stereocenters. The standard InChI is InChI=1S/C23H27FN6O.2H2/c1-16-9-19(26-18-5-7-29(8-6-18)22-13-31-14-22)12-20(10-16)27-23-25-15-30(28-23)21-4-2-3-17(24)11-21;;/h2-4,9-12,15,18,22,26H,5-8,13-14H2,1H3,(H,27,28);2*1H. The number of nitrogens with zero attached hydrogens (tertiary/aromatic N) is 4. The third-order valence-corrected chi connectivity index (χ3v) is 5.94. The van der Waals surface area contributed by atoms with Crippen molar-refractivity contribution in [2.75, 3.05) is 36.9 Å². The van der Waals surface area contributed by atoms with Crippen molar-refractivity contribution < 1.29 is 12.0 Å². The van der Waals surface area contributed by atoms with Gasteiger partial charge in [-0.3, -0.25) is 4.90 Å². The number of rotatable bonds is 6. The summed E-state index contributed by atoms with van der Waals surface area (Å²) >= 11 is 0. The smallest absolute Gasteiger partial charge is 0.246 e. The zero-order valence-corrected chi connectivity index (χ0v) is 17.6. The molecule has 2 aromatic carbocycles. The Morgan fingerprint density at radius 1 is 1.10 bits per heavy atom. The van der Waals surface area contributed by atoms with Gasteiger partial charge in [-0.05, 0) is 61.7 Å². The molecule has 2 N–H and O–H groups in total. The molecule has 0 amide bonds. The molecule has 3 heterocycles. The number of ether oxygens (including phenoxy) is 1. The molecule has 8 heteroatoms. The molecule has 2 fully saturated rings. The predicted octanol–water partition coefficient (Wildman–Crippen LogP) is 4.23. The summed E-state index contributed by atoms with van der Waals surface area (Å²) in [7, 11) is 0. The SMILES string of the molecule is Cc1cc(Nc2ncn(-c3cccc(F)c3)n2)cc(NC2CCN(C3COC3)CC2)c1.[HH].[HH]. The molecule has 5 rings (SSSR count). The lowest BCUT2D eigenvalue weighted by Gasteiger charge is -2.41. The zero-order valence-electron chi connectivity index (χ0n) is 17.6. The molecule has 2 aliphatic rings. The van der Waals surface area contributed by atoms with Crippen molar-refractivity contribution in [2.45, 2.75) is 31.8 Å². The number of likely N-dealkylation sites (tertiary alicyclic amines) is 1. The summed E-state index contributed by atoms with van der Waals surface area (Å²) in [6.45, 7) is 6.07. The molecular formula is C23H31FN6O. The van der Waals surface area contributed by atoms with Crippen molar-refractivity contribution >= 4 is 17.3 Å². The van der Waals surface area contributed by atoms with Gasteiger partial charge in [0.2, 0.25) is 5.95 Å². The van der Waals surface area contributed by atoms with Crippen molar-refractivity contribution in [3.05, 3.63) is 60.2 Å². The Kier molecular flexibility index (Phi) is 5.57. The number of hydrogen-bond donors (Lipinski definition) is 2. The number of piperidine rings is 1. The summed E-state index contributed by atoms with van der Waals surface area (Å²) < 4.78 is 20.4. The van der Waals surface area contributed by atoms with Crippen LogP contribution in [0.2, 0.25) is 0 Å². The van der Waals surface area contributed by atoms with Crippen LogP contribution in [0, 0.1) is 12.7 Å². The molecule has 0 saturated carbocycles. The first-order chi connectivity index (χ1) is 15.1. The van der Waals surface area contributed by atoms with E-state index in [4.69, 9.17) is 4.74 Å². The van der Waals surface area contributed by atoms with Gasteiger partial charge >= 0.3 is 0 Å². The normalized spacial score (nSPS) is 18.0. The van der Waals surface area contributed by atoms with Crippen molar-refractivity contribution in [3.8, 4) is 5.69 Å². The number of hydrogen-bond acceptors (Lipinski definition) is 6. The number of benzene rings is 2. The Hall–Kier alpha value is -2.97. The van der Waals surface area contributed by atoms with Gasteiger partial charge in [0.15, 0.2) is 0 Å². The second kappa shape index (κ2) is 8.64. The van der Waals surface area contributed by atoms with Crippen LogP contribution < -0.4 is 10.6 Å². The van der Waals surface area contributed by atoms with E-state index in [1.54, 1.807) is 23.1 Å². The number of anilines is 3. The van der Waals surface area contributed by atoms with E-state index in [0.717, 1.165) is 56.1 Å². The van der Waals surface area contributed by atoms with Crippen molar-refractivity contribution in [2.24, 2.45) is 0 Å². The Balaban J connectivity index is 0.00000153. The number of nitrogens with one attached hydrogen (secondary N) is 2. The highest BCUT2D eigenvalue weighted by atomic mass is 19.1. The predicted molar refractivity (Wildman–Crippen MR) is 123 cm³/mol. The summed E-state index contributed by atoms with van der Waals surface area (Å²) in [6.07, 6.45) is 3.84. The van der Waals surface area contributed by atoms with E-state index >= 15 is 0 Å². The van der Waals surface area contributed by atoms with Gasteiger partial charge < -0.3 is 15.4 Å². The monoisotopic (exact) mass is 426 g/mol. The third-order valence-electron chi connectivity index (χ3n) is 5.94. The first kappa shape index (κ1) is 20.0. The fraction of sp³-hybridized carbons (Fsp3) is 0.391. The largest absolute Gasteiger partial charge is 0.382 e. The van der Waals surface area contributed by atoms with Crippen LogP contribution in [0.1, 0.15) is 21.3 Å². The summed E-state index contributed by atoms with van der Waals surface area (Å²) in [4.78, 5) is 6.86. The summed E-state index contributed by atoms with van der Waals surface area (Å²) in [5.74, 6) is 0.167. The molecule has 1 aromatic heterocycles. The van der Waals surface area contributed by atoms with Crippen LogP contribution in [0.25, 0.3) is 5.69 Å². The molecule has 0 unspecified atom stereocenters. The van der Waals surface area contributed by atoms with E-state index in [9.17, 15) is 4.39 Å². The fourth-order valence-corrected chi connectivity index (χ4v) is 4.21. The first-order valence-corrected chi connectivity index (χ1v) is 10.8. The average molecular weight is 427 g/mol. The van der Waals surface area contributed by atoms with Crippen LogP contribution in [0.5, 0.6) is 0 Å². The minimum Gasteiger partial charge on any atom is -0.382 e. The summed E-state index contributed by atoms with van der Waals surface area (Å²) in [5, 5.41) is 11.4. The van der Waals surface area contributed by atoms with E-state index in [1.807, 2.05) is 0 Å². The second-order valence-electron chi connectivity index (χ2n) is 8.35. The first-order valence-electron chi connectivity index (χ1n) is 10.8. The van der Waals surface area contributed by atoms with E-state index < -0.39 is 0 Å². The van der Waals surface area contributed by atoms with Gasteiger partial charge in [0.05, 0.1) is 24.9 Å². The number of halogens is 1. The molecule has 166 valence electrons. The topological polar surface area (TPSA) is 67.2 Å². The molecule has 2 aliphatic heterocycles. The van der Waals surface area contributed by atoms with Crippen molar-refractivity contribution in [3.63, 3.8) is 0 Å². The maximum atomic E-state index is 13.5. The number of aromatic nitrogens is 3. The van der Waals surface area contributed by atoms with Gasteiger partial charge in [-0.1, -0.05) is 6.07 Å². The Bertz CT molecular complexity index is 1050. The van der Waals surface area contributed by atoms with E-state index in [-0.39, 0.29) is 8.67 Å². The molecule has 31 heavy (non-hydrogen) atoms. The molecular weight excluding hydrogens is 395 g/mol. The highest BCUT2D eigenvalue weighted by molar-refractivity contribution is 5.63. The maximum absolute atomic E-state index is 13.5. The average Bonchev–Trinajstić information content (AvgIpc) is 3.16. The van der Waals surface area contributed by atoms with Crippen LogP contribution in [-0.4, -0.2) is 58.1 Å². The fourth-order valence-electron chi connectivity index (χ4n) is 4.21. The van der Waals surface area contributed by atoms with Gasteiger partial charge in [0.1, 0.15) is 12.1 Å². The van der Waals surface area contributed by atoms with E-state index in [0.29, 0.717) is 23.7 Å². The molecule has 0 spiro atoms. The van der Waals surface area contributed by atoms with Crippen LogP contribution >= 0.6 is 0 Å². The van der Waals surface area contributed by atoms with Crippen LogP contribution in [0.15, 0.2) is 48.8 Å². The Labute approximate surface area is 184 Å². The highest BCUT2D eigenvalue weighted by Gasteiger charge is 2.29. The lowest BCUT2D eigenvalue weighted by atomic mass is 10.0. The van der Waals surface area contributed by atoms with Gasteiger partial charge in [-0.2, -0.15) is 4.98 Å². The minimum absolute atomic E-state index is 0. The van der Waals surface area contributed by atoms with Crippen LogP contribution in [0.4, 0.5) is 21.7 Å². The minimum atomic E-state index is -0.302. The Morgan fingerprint density at radius 2 is 1.90 bits per heavy atom. The van der Waals surface area contributed by atoms with Gasteiger partial charge in [-0.25, -0.2) is 9.07 Å². The van der Waals surface area contributed by atoms with Gasteiger partial charge in [-0.15, -0.1) is 5.10 Å². The lowest BCUT2D eigenvalue weighted by Crippen LogP contribution is -2.53. The van der Waals surface area contributed by atoms with Crippen LogP contribution in [-0.2, 0) is 4.74 Å². The van der Waals surface area contributed by atoms with Crippen molar-refractivity contribution in [1.29, 1.82) is 0 Å². The molecule has 0 radical (unpaired) electrons. The van der Waals surface area contributed by atoms with Crippen LogP contribution in [0.3, 0.4) is 0 Å². The van der Waals surface area contributed by atoms with Crippen molar-refractivity contribution in [1.82, 2.24) is 19.7 Å². The molecule has 7 nitrogen and oxygen atoms in total. The lowest BCUT2D eigenvalue weighted by molar-refractivity contribution is -0.0705. The third kappa shape index (κ3) is 4.70. The second-order valence-corrected chi connectivity index (χ2v) is 8.35. The maximum Gasteiger partial charge on any atom is 0.246 e. The summed E-state index contributed by atoms with van der Waals surface area (Å²) in [6, 6.07) is 13.7. The van der Waals surface area contributed by atoms with Gasteiger partial charge in [0.25, 0.3) is 0 Å².